The fourth-order valence-electron chi connectivity index (χ4n) is 5.12. The number of aliphatic imine (C=N–C) groups is 1. The maximum absolute atomic E-state index is 11.7. The van der Waals surface area contributed by atoms with Gasteiger partial charge in [-0.05, 0) is 95.8 Å². The molecule has 0 amide bonds. The molecule has 0 aromatic rings. The van der Waals surface area contributed by atoms with Gasteiger partial charge in [-0.3, -0.25) is 9.79 Å². The van der Waals surface area contributed by atoms with Crippen molar-refractivity contribution in [3.63, 3.8) is 0 Å². The molecule has 1 heterocycles. The Balaban J connectivity index is 0. The van der Waals surface area contributed by atoms with Crippen molar-refractivity contribution in [3.05, 3.63) is 46.8 Å². The first-order chi connectivity index (χ1) is 21.1. The van der Waals surface area contributed by atoms with Crippen LogP contribution in [0.4, 0.5) is 0 Å². The number of unbranched alkanes of at least 4 members (excludes halogenated alkanes) is 2. The summed E-state index contributed by atoms with van der Waals surface area (Å²) in [6, 6.07) is 0. The molecule has 256 valence electrons. The SMILES string of the molecule is C=C/C=C(\C(C)=C(C)C)N1CCC(C(CN=C2CCC/C2=C(/N)C(C)=O)OC)CC1.CC.CC.CCCCCO[C@H](C)CC. The number of methoxy groups -OCH3 is 1. The van der Waals surface area contributed by atoms with Crippen molar-refractivity contribution in [3.8, 4) is 0 Å². The zero-order valence-corrected chi connectivity index (χ0v) is 31.0. The predicted octanol–water partition coefficient (Wildman–Crippen LogP) is 9.61. The molecule has 1 saturated carbocycles. The van der Waals surface area contributed by atoms with Gasteiger partial charge in [0.05, 0.1) is 24.4 Å². The van der Waals surface area contributed by atoms with Crippen molar-refractivity contribution in [2.45, 2.75) is 146 Å². The molecule has 44 heavy (non-hydrogen) atoms. The first-order valence-corrected chi connectivity index (χ1v) is 17.5. The van der Waals surface area contributed by atoms with E-state index < -0.39 is 0 Å². The maximum Gasteiger partial charge on any atom is 0.175 e. The Bertz CT molecular complexity index is 904. The van der Waals surface area contributed by atoms with Crippen LogP contribution in [-0.4, -0.2) is 62.0 Å². The Hall–Kier alpha value is -2.18. The normalized spacial score (nSPS) is 18.5. The third-order valence-electron chi connectivity index (χ3n) is 8.20. The smallest absolute Gasteiger partial charge is 0.175 e. The predicted molar refractivity (Wildman–Crippen MR) is 193 cm³/mol. The van der Waals surface area contributed by atoms with Gasteiger partial charge in [-0.2, -0.15) is 0 Å². The van der Waals surface area contributed by atoms with Gasteiger partial charge in [0.2, 0.25) is 0 Å². The van der Waals surface area contributed by atoms with E-state index >= 15 is 0 Å². The Kier molecular flexibility index (Phi) is 27.1. The molecule has 2 aliphatic rings. The highest BCUT2D eigenvalue weighted by molar-refractivity contribution is 6.08. The number of Topliss-reactive ketones (excluding diaryl/α,β-unsaturated/α-hetero) is 1. The number of rotatable bonds is 14. The van der Waals surface area contributed by atoms with Crippen LogP contribution in [0.5, 0.6) is 0 Å². The largest absolute Gasteiger partial charge is 0.396 e. The number of carbonyl (C=O) groups excluding carboxylic acids is 1. The Labute approximate surface area is 273 Å². The van der Waals surface area contributed by atoms with E-state index in [-0.39, 0.29) is 11.9 Å². The van der Waals surface area contributed by atoms with Crippen LogP contribution in [0.15, 0.2) is 51.8 Å². The summed E-state index contributed by atoms with van der Waals surface area (Å²) in [6.07, 6.45) is 14.4. The van der Waals surface area contributed by atoms with Crippen LogP contribution >= 0.6 is 0 Å². The van der Waals surface area contributed by atoms with Crippen LogP contribution in [0.1, 0.15) is 134 Å². The van der Waals surface area contributed by atoms with Crippen molar-refractivity contribution in [1.82, 2.24) is 4.90 Å². The molecule has 2 fully saturated rings. The highest BCUT2D eigenvalue weighted by Crippen LogP contribution is 2.29. The van der Waals surface area contributed by atoms with Crippen LogP contribution in [-0.2, 0) is 14.3 Å². The van der Waals surface area contributed by atoms with Gasteiger partial charge in [-0.15, -0.1) is 0 Å². The molecule has 0 spiro atoms. The minimum atomic E-state index is -0.0645. The summed E-state index contributed by atoms with van der Waals surface area (Å²) in [5.74, 6) is 0.414. The van der Waals surface area contributed by atoms with E-state index in [2.05, 4.69) is 59.1 Å². The Morgan fingerprint density at radius 2 is 1.68 bits per heavy atom. The minimum absolute atomic E-state index is 0.0645. The fraction of sp³-hybridized carbons (Fsp3) is 0.737. The summed E-state index contributed by atoms with van der Waals surface area (Å²) in [7, 11) is 1.78. The number of carbonyl (C=O) groups is 1. The topological polar surface area (TPSA) is 77.2 Å². The number of hydrogen-bond acceptors (Lipinski definition) is 6. The lowest BCUT2D eigenvalue weighted by Gasteiger charge is -2.38. The van der Waals surface area contributed by atoms with Crippen LogP contribution in [0.25, 0.3) is 0 Å². The Morgan fingerprint density at radius 3 is 2.16 bits per heavy atom. The van der Waals surface area contributed by atoms with Gasteiger partial charge in [0.1, 0.15) is 0 Å². The highest BCUT2D eigenvalue weighted by Gasteiger charge is 2.28. The zero-order valence-electron chi connectivity index (χ0n) is 31.0. The molecule has 6 heteroatoms. The molecular weight excluding hydrogens is 546 g/mol. The van der Waals surface area contributed by atoms with E-state index in [1.807, 2.05) is 33.8 Å². The maximum atomic E-state index is 11.7. The summed E-state index contributed by atoms with van der Waals surface area (Å²) < 4.78 is 11.3. The van der Waals surface area contributed by atoms with Crippen LogP contribution in [0.2, 0.25) is 0 Å². The highest BCUT2D eigenvalue weighted by atomic mass is 16.5. The second-order valence-corrected chi connectivity index (χ2v) is 11.4. The lowest BCUT2D eigenvalue weighted by molar-refractivity contribution is -0.113. The van der Waals surface area contributed by atoms with Gasteiger partial charge in [-0.1, -0.05) is 72.6 Å². The van der Waals surface area contributed by atoms with Gasteiger partial charge in [0, 0.05) is 45.1 Å². The van der Waals surface area contributed by atoms with Crippen LogP contribution in [0.3, 0.4) is 0 Å². The molecule has 0 aromatic carbocycles. The van der Waals surface area contributed by atoms with E-state index in [0.29, 0.717) is 24.3 Å². The van der Waals surface area contributed by atoms with E-state index in [9.17, 15) is 4.79 Å². The van der Waals surface area contributed by atoms with Gasteiger partial charge in [-0.25, -0.2) is 0 Å². The molecule has 1 saturated heterocycles. The standard InChI is InChI=1S/C25H39N3O2.C9H20O.2C2H6/c1-7-9-23(18(4)17(2)3)28-14-12-20(13-15-28)24(30-6)16-27-22-11-8-10-21(22)25(26)19(5)29;1-4-6-7-8-10-9(3)5-2;2*1-2/h7,9,20,24H,1,8,10-16,26H2,2-6H3;9H,4-8H2,1-3H3;2*1-2H3/b23-9+,25-21-,27-22?;;;/t;9-;;/m.1../s1. The van der Waals surface area contributed by atoms with E-state index in [0.717, 1.165) is 69.5 Å². The third kappa shape index (κ3) is 16.8. The van der Waals surface area contributed by atoms with E-state index in [1.165, 1.54) is 43.0 Å². The molecular formula is C38H71N3O3. The summed E-state index contributed by atoms with van der Waals surface area (Å²) in [5.41, 5.74) is 12.3. The van der Waals surface area contributed by atoms with Crippen molar-refractivity contribution in [2.75, 3.05) is 33.4 Å². The van der Waals surface area contributed by atoms with Crippen LogP contribution in [0, 0.1) is 5.92 Å². The molecule has 1 unspecified atom stereocenters. The fourth-order valence-corrected chi connectivity index (χ4v) is 5.12. The van der Waals surface area contributed by atoms with Gasteiger partial charge < -0.3 is 20.1 Å². The number of nitrogens with zero attached hydrogens (tertiary/aromatic N) is 2. The minimum Gasteiger partial charge on any atom is -0.396 e. The van der Waals surface area contributed by atoms with Crippen molar-refractivity contribution >= 4 is 11.5 Å². The summed E-state index contributed by atoms with van der Waals surface area (Å²) in [4.78, 5) is 19.0. The lowest BCUT2D eigenvalue weighted by Crippen LogP contribution is -2.39. The van der Waals surface area contributed by atoms with Crippen molar-refractivity contribution < 1.29 is 14.3 Å². The van der Waals surface area contributed by atoms with Gasteiger partial charge in [0.25, 0.3) is 0 Å². The molecule has 0 aromatic heterocycles. The molecule has 0 bridgehead atoms. The molecule has 6 nitrogen and oxygen atoms in total. The summed E-state index contributed by atoms with van der Waals surface area (Å²) in [5, 5.41) is 0. The molecule has 2 atom stereocenters. The molecule has 1 aliphatic carbocycles. The third-order valence-corrected chi connectivity index (χ3v) is 8.20. The zero-order chi connectivity index (χ0) is 34.1. The quantitative estimate of drug-likeness (QED) is 0.119. The number of piperidine rings is 1. The van der Waals surface area contributed by atoms with Gasteiger partial charge >= 0.3 is 0 Å². The number of ketones is 1. The summed E-state index contributed by atoms with van der Waals surface area (Å²) >= 11 is 0. The lowest BCUT2D eigenvalue weighted by atomic mass is 9.90. The summed E-state index contributed by atoms with van der Waals surface area (Å²) in [6.45, 7) is 30.0. The van der Waals surface area contributed by atoms with Crippen molar-refractivity contribution in [1.29, 1.82) is 0 Å². The number of allylic oxidation sites excluding steroid dienone is 6. The monoisotopic (exact) mass is 618 g/mol. The van der Waals surface area contributed by atoms with E-state index in [1.54, 1.807) is 7.11 Å². The molecule has 2 N–H and O–H groups in total. The number of likely N-dealkylation sites (tertiary alicyclic amines) is 1. The Morgan fingerprint density at radius 1 is 1.07 bits per heavy atom. The van der Waals surface area contributed by atoms with Crippen LogP contribution < -0.4 is 5.73 Å². The molecule has 2 rings (SSSR count). The van der Waals surface area contributed by atoms with Crippen molar-refractivity contribution in [2.24, 2.45) is 16.6 Å². The first kappa shape index (κ1) is 43.9. The number of hydrogen-bond donors (Lipinski definition) is 1. The molecule has 0 radical (unpaired) electrons. The first-order valence-electron chi connectivity index (χ1n) is 17.5. The second-order valence-electron chi connectivity index (χ2n) is 11.4. The number of nitrogens with two attached hydrogens (primary N) is 1. The number of ether oxygens (including phenoxy) is 2. The average Bonchev–Trinajstić information content (AvgIpc) is 3.52. The average molecular weight is 618 g/mol. The van der Waals surface area contributed by atoms with E-state index in [4.69, 9.17) is 20.2 Å². The van der Waals surface area contributed by atoms with Gasteiger partial charge in [0.15, 0.2) is 5.78 Å². The second kappa shape index (κ2) is 27.2. The molecule has 1 aliphatic heterocycles.